The first kappa shape index (κ1) is 9.92. The van der Waals surface area contributed by atoms with E-state index in [-0.39, 0.29) is 17.6 Å². The summed E-state index contributed by atoms with van der Waals surface area (Å²) < 4.78 is 4.78. The van der Waals surface area contributed by atoms with Crippen molar-refractivity contribution in [2.24, 2.45) is 0 Å². The zero-order valence-electron chi connectivity index (χ0n) is 8.07. The van der Waals surface area contributed by atoms with Gasteiger partial charge < -0.3 is 9.72 Å². The average Bonchev–Trinajstić information content (AvgIpc) is 2.67. The molecule has 0 aliphatic carbocycles. The van der Waals surface area contributed by atoms with Crippen molar-refractivity contribution in [3.8, 4) is 0 Å². The Morgan fingerprint density at radius 3 is 3.13 bits per heavy atom. The number of hydrogen-bond acceptors (Lipinski definition) is 4. The molecule has 0 spiro atoms. The van der Waals surface area contributed by atoms with Gasteiger partial charge in [-0.3, -0.25) is 4.79 Å². The predicted octanol–water partition coefficient (Wildman–Crippen LogP) is 1.77. The lowest BCUT2D eigenvalue weighted by Crippen LogP contribution is -2.17. The number of carbonyl (C=O) groups excluding carboxylic acids is 1. The minimum absolute atomic E-state index is 0.0581. The topological polar surface area (TPSA) is 59.2 Å². The van der Waals surface area contributed by atoms with Gasteiger partial charge in [0.25, 0.3) is 0 Å². The van der Waals surface area contributed by atoms with Crippen molar-refractivity contribution in [3.05, 3.63) is 33.4 Å². The third kappa shape index (κ3) is 1.66. The third-order valence-corrected chi connectivity index (χ3v) is 2.84. The summed E-state index contributed by atoms with van der Waals surface area (Å²) in [5, 5.41) is 2.34. The largest absolute Gasteiger partial charge is 0.462 e. The summed E-state index contributed by atoms with van der Waals surface area (Å²) in [5.74, 6) is -0.577. The highest BCUT2D eigenvalue weighted by Gasteiger charge is 2.13. The van der Waals surface area contributed by atoms with E-state index in [2.05, 4.69) is 4.98 Å². The molecule has 0 atom stereocenters. The number of thiophene rings is 1. The fourth-order valence-corrected chi connectivity index (χ4v) is 2.06. The van der Waals surface area contributed by atoms with E-state index in [1.807, 2.05) is 0 Å². The van der Waals surface area contributed by atoms with Gasteiger partial charge in [-0.25, -0.2) is 4.79 Å². The molecule has 0 saturated carbocycles. The zero-order chi connectivity index (χ0) is 10.8. The van der Waals surface area contributed by atoms with Gasteiger partial charge in [0.1, 0.15) is 10.4 Å². The molecule has 0 aromatic carbocycles. The minimum Gasteiger partial charge on any atom is -0.462 e. The molecule has 0 amide bonds. The molecule has 4 nitrogen and oxygen atoms in total. The maximum Gasteiger partial charge on any atom is 0.343 e. The van der Waals surface area contributed by atoms with Crippen LogP contribution in [0, 0.1) is 0 Å². The van der Waals surface area contributed by atoms with Crippen molar-refractivity contribution in [1.82, 2.24) is 4.98 Å². The van der Waals surface area contributed by atoms with Gasteiger partial charge >= 0.3 is 5.97 Å². The molecule has 0 saturated heterocycles. The highest BCUT2D eigenvalue weighted by molar-refractivity contribution is 7.16. The molecule has 0 aliphatic heterocycles. The lowest BCUT2D eigenvalue weighted by atomic mass is 10.2. The normalized spacial score (nSPS) is 10.5. The number of fused-ring (bicyclic) bond motifs is 1. The molecule has 0 bridgehead atoms. The Kier molecular flexibility index (Phi) is 2.55. The number of ether oxygens (including phenoxy) is 1. The Morgan fingerprint density at radius 1 is 1.60 bits per heavy atom. The SMILES string of the molecule is CCOC(=O)c1c[nH]c2sccc2c1=O. The Morgan fingerprint density at radius 2 is 2.40 bits per heavy atom. The van der Waals surface area contributed by atoms with E-state index in [9.17, 15) is 9.59 Å². The second-order valence-electron chi connectivity index (χ2n) is 2.92. The van der Waals surface area contributed by atoms with Gasteiger partial charge in [-0.05, 0) is 18.4 Å². The standard InChI is InChI=1S/C10H9NO3S/c1-2-14-10(13)7-5-11-9-6(8(7)12)3-4-15-9/h3-5H,2H2,1H3,(H,11,12). The number of hydrogen-bond donors (Lipinski definition) is 1. The van der Waals surface area contributed by atoms with Crippen LogP contribution in [-0.2, 0) is 4.74 Å². The summed E-state index contributed by atoms with van der Waals surface area (Å²) in [5.41, 5.74) is -0.216. The summed E-state index contributed by atoms with van der Waals surface area (Å²) in [7, 11) is 0. The molecule has 78 valence electrons. The molecule has 0 fully saturated rings. The van der Waals surface area contributed by atoms with Gasteiger partial charge in [-0.15, -0.1) is 11.3 Å². The number of aromatic nitrogens is 1. The quantitative estimate of drug-likeness (QED) is 0.789. The van der Waals surface area contributed by atoms with E-state index >= 15 is 0 Å². The lowest BCUT2D eigenvalue weighted by Gasteiger charge is -2.00. The van der Waals surface area contributed by atoms with Crippen LogP contribution in [0.2, 0.25) is 0 Å². The minimum atomic E-state index is -0.577. The summed E-state index contributed by atoms with van der Waals surface area (Å²) >= 11 is 1.43. The first-order valence-corrected chi connectivity index (χ1v) is 5.38. The van der Waals surface area contributed by atoms with Crippen LogP contribution < -0.4 is 5.43 Å². The smallest absolute Gasteiger partial charge is 0.343 e. The Bertz CT molecular complexity index is 555. The maximum atomic E-state index is 11.8. The van der Waals surface area contributed by atoms with Crippen LogP contribution in [-0.4, -0.2) is 17.6 Å². The monoisotopic (exact) mass is 223 g/mol. The molecule has 0 radical (unpaired) electrons. The van der Waals surface area contributed by atoms with Crippen LogP contribution in [0.15, 0.2) is 22.4 Å². The molecule has 5 heteroatoms. The highest BCUT2D eigenvalue weighted by atomic mass is 32.1. The fraction of sp³-hybridized carbons (Fsp3) is 0.200. The molecule has 15 heavy (non-hydrogen) atoms. The first-order chi connectivity index (χ1) is 7.24. The summed E-state index contributed by atoms with van der Waals surface area (Å²) in [6, 6.07) is 1.70. The molecule has 0 unspecified atom stereocenters. The summed E-state index contributed by atoms with van der Waals surface area (Å²) in [6.07, 6.45) is 1.40. The van der Waals surface area contributed by atoms with E-state index in [1.54, 1.807) is 18.4 Å². The molecule has 2 heterocycles. The van der Waals surface area contributed by atoms with Crippen LogP contribution in [0.4, 0.5) is 0 Å². The average molecular weight is 223 g/mol. The van der Waals surface area contributed by atoms with E-state index in [4.69, 9.17) is 4.74 Å². The van der Waals surface area contributed by atoms with Crippen LogP contribution in [0.3, 0.4) is 0 Å². The fourth-order valence-electron chi connectivity index (χ4n) is 1.31. The molecular weight excluding hydrogens is 214 g/mol. The van der Waals surface area contributed by atoms with Crippen molar-refractivity contribution in [3.63, 3.8) is 0 Å². The van der Waals surface area contributed by atoms with Gasteiger partial charge in [0, 0.05) is 6.20 Å². The van der Waals surface area contributed by atoms with Crippen LogP contribution in [0.5, 0.6) is 0 Å². The van der Waals surface area contributed by atoms with E-state index in [1.165, 1.54) is 17.5 Å². The van der Waals surface area contributed by atoms with Crippen LogP contribution >= 0.6 is 11.3 Å². The van der Waals surface area contributed by atoms with Gasteiger partial charge in [0.15, 0.2) is 0 Å². The van der Waals surface area contributed by atoms with Gasteiger partial charge in [-0.1, -0.05) is 0 Å². The van der Waals surface area contributed by atoms with Crippen molar-refractivity contribution >= 4 is 27.5 Å². The number of esters is 1. The zero-order valence-corrected chi connectivity index (χ0v) is 8.89. The molecule has 1 N–H and O–H groups in total. The maximum absolute atomic E-state index is 11.8. The number of pyridine rings is 1. The number of rotatable bonds is 2. The van der Waals surface area contributed by atoms with Gasteiger partial charge in [0.05, 0.1) is 12.0 Å². The molecule has 2 rings (SSSR count). The Labute approximate surface area is 89.5 Å². The summed E-state index contributed by atoms with van der Waals surface area (Å²) in [6.45, 7) is 1.97. The van der Waals surface area contributed by atoms with Gasteiger partial charge in [-0.2, -0.15) is 0 Å². The van der Waals surface area contributed by atoms with E-state index < -0.39 is 5.97 Å². The van der Waals surface area contributed by atoms with Crippen molar-refractivity contribution < 1.29 is 9.53 Å². The van der Waals surface area contributed by atoms with Crippen molar-refractivity contribution in [1.29, 1.82) is 0 Å². The number of H-pyrrole nitrogens is 1. The number of aromatic amines is 1. The van der Waals surface area contributed by atoms with Crippen molar-refractivity contribution in [2.45, 2.75) is 6.92 Å². The lowest BCUT2D eigenvalue weighted by molar-refractivity contribution is 0.0524. The van der Waals surface area contributed by atoms with E-state index in [0.717, 1.165) is 4.83 Å². The Balaban J connectivity index is 2.57. The van der Waals surface area contributed by atoms with Gasteiger partial charge in [0.2, 0.25) is 5.43 Å². The third-order valence-electron chi connectivity index (χ3n) is 2.00. The molecule has 2 aromatic rings. The van der Waals surface area contributed by atoms with E-state index in [0.29, 0.717) is 5.39 Å². The summed E-state index contributed by atoms with van der Waals surface area (Å²) in [4.78, 5) is 26.9. The van der Waals surface area contributed by atoms with Crippen LogP contribution in [0.1, 0.15) is 17.3 Å². The highest BCUT2D eigenvalue weighted by Crippen LogP contribution is 2.14. The van der Waals surface area contributed by atoms with Crippen molar-refractivity contribution in [2.75, 3.05) is 6.61 Å². The number of carbonyl (C=O) groups is 1. The number of nitrogens with one attached hydrogen (secondary N) is 1. The van der Waals surface area contributed by atoms with Crippen LogP contribution in [0.25, 0.3) is 10.2 Å². The molecule has 2 aromatic heterocycles. The second-order valence-corrected chi connectivity index (χ2v) is 3.83. The molecular formula is C10H9NO3S. The first-order valence-electron chi connectivity index (χ1n) is 4.50. The second kappa shape index (κ2) is 3.86. The molecule has 0 aliphatic rings. The predicted molar refractivity (Wildman–Crippen MR) is 58.4 cm³/mol. The Hall–Kier alpha value is -1.62.